The van der Waals surface area contributed by atoms with Crippen molar-refractivity contribution >= 4 is 17.4 Å². The van der Waals surface area contributed by atoms with Crippen molar-refractivity contribution in [2.75, 3.05) is 20.3 Å². The van der Waals surface area contributed by atoms with E-state index < -0.39 is 17.7 Å². The molecule has 2 aliphatic heterocycles. The summed E-state index contributed by atoms with van der Waals surface area (Å²) in [6, 6.07) is 13.8. The van der Waals surface area contributed by atoms with Crippen molar-refractivity contribution < 1.29 is 24.2 Å². The van der Waals surface area contributed by atoms with Gasteiger partial charge in [-0.3, -0.25) is 9.59 Å². The highest BCUT2D eigenvalue weighted by atomic mass is 16.5. The topological polar surface area (TPSA) is 76.1 Å². The third-order valence-electron chi connectivity index (χ3n) is 5.72. The Bertz CT molecular complexity index is 972. The van der Waals surface area contributed by atoms with Crippen LogP contribution < -0.4 is 4.74 Å². The molecule has 2 aromatic rings. The minimum Gasteiger partial charge on any atom is -0.507 e. The van der Waals surface area contributed by atoms with Crippen molar-refractivity contribution in [3.05, 3.63) is 70.8 Å². The molecular weight excluding hydrogens is 382 g/mol. The molecule has 2 atom stereocenters. The van der Waals surface area contributed by atoms with E-state index in [2.05, 4.69) is 0 Å². The minimum atomic E-state index is -0.679. The van der Waals surface area contributed by atoms with E-state index >= 15 is 0 Å². The zero-order valence-electron chi connectivity index (χ0n) is 17.1. The monoisotopic (exact) mass is 407 g/mol. The summed E-state index contributed by atoms with van der Waals surface area (Å²) in [7, 11) is 1.58. The molecule has 6 nitrogen and oxygen atoms in total. The second-order valence-corrected chi connectivity index (χ2v) is 7.73. The molecule has 2 fully saturated rings. The van der Waals surface area contributed by atoms with Crippen LogP contribution in [0.4, 0.5) is 0 Å². The van der Waals surface area contributed by atoms with Crippen LogP contribution in [0.1, 0.15) is 35.6 Å². The lowest BCUT2D eigenvalue weighted by molar-refractivity contribution is -0.140. The van der Waals surface area contributed by atoms with Crippen molar-refractivity contribution in [2.24, 2.45) is 0 Å². The van der Waals surface area contributed by atoms with E-state index in [1.165, 1.54) is 4.90 Å². The van der Waals surface area contributed by atoms with Gasteiger partial charge in [0.15, 0.2) is 0 Å². The van der Waals surface area contributed by atoms with E-state index in [1.807, 2.05) is 31.2 Å². The van der Waals surface area contributed by atoms with Crippen LogP contribution in [0.25, 0.3) is 5.76 Å². The van der Waals surface area contributed by atoms with Gasteiger partial charge in [0.2, 0.25) is 0 Å². The largest absolute Gasteiger partial charge is 0.507 e. The quantitative estimate of drug-likeness (QED) is 0.466. The minimum absolute atomic E-state index is 0.104. The van der Waals surface area contributed by atoms with Crippen LogP contribution in [0.3, 0.4) is 0 Å². The zero-order chi connectivity index (χ0) is 21.3. The number of aliphatic hydroxyl groups excluding tert-OH is 1. The number of amides is 1. The van der Waals surface area contributed by atoms with Crippen LogP contribution in [-0.2, 0) is 14.3 Å². The lowest BCUT2D eigenvalue weighted by Crippen LogP contribution is -2.36. The molecule has 0 aliphatic carbocycles. The van der Waals surface area contributed by atoms with Crippen LogP contribution in [0, 0.1) is 6.92 Å². The van der Waals surface area contributed by atoms with E-state index in [4.69, 9.17) is 9.47 Å². The van der Waals surface area contributed by atoms with Gasteiger partial charge >= 0.3 is 0 Å². The molecule has 156 valence electrons. The number of aliphatic hydroxyl groups is 1. The van der Waals surface area contributed by atoms with E-state index in [-0.39, 0.29) is 17.4 Å². The van der Waals surface area contributed by atoms with E-state index in [1.54, 1.807) is 31.4 Å². The first-order valence-electron chi connectivity index (χ1n) is 10.1. The maximum atomic E-state index is 13.0. The van der Waals surface area contributed by atoms with Gasteiger partial charge in [0.1, 0.15) is 11.5 Å². The number of rotatable bonds is 5. The van der Waals surface area contributed by atoms with Crippen molar-refractivity contribution in [1.82, 2.24) is 4.90 Å². The molecule has 2 aliphatic rings. The number of ketones is 1. The molecule has 1 amide bonds. The van der Waals surface area contributed by atoms with Crippen LogP contribution in [-0.4, -0.2) is 48.1 Å². The normalized spacial score (nSPS) is 23.2. The maximum Gasteiger partial charge on any atom is 0.295 e. The SMILES string of the molecule is COc1ccc([C@@H]2C(=C(O)c3ccc(C)cc3)C(=O)C(=O)N2C[C@@H]2CCCO2)cc1. The van der Waals surface area contributed by atoms with Gasteiger partial charge < -0.3 is 19.5 Å². The molecule has 0 aromatic heterocycles. The zero-order valence-corrected chi connectivity index (χ0v) is 17.1. The smallest absolute Gasteiger partial charge is 0.295 e. The molecule has 6 heteroatoms. The molecule has 0 saturated carbocycles. The van der Waals surface area contributed by atoms with Gasteiger partial charge in [-0.1, -0.05) is 42.0 Å². The highest BCUT2D eigenvalue weighted by Crippen LogP contribution is 2.40. The van der Waals surface area contributed by atoms with Crippen molar-refractivity contribution in [3.8, 4) is 5.75 Å². The highest BCUT2D eigenvalue weighted by molar-refractivity contribution is 6.46. The summed E-state index contributed by atoms with van der Waals surface area (Å²) in [5.41, 5.74) is 2.39. The Hall–Kier alpha value is -3.12. The molecule has 0 radical (unpaired) electrons. The van der Waals surface area contributed by atoms with Crippen LogP contribution in [0.5, 0.6) is 5.75 Å². The Morgan fingerprint density at radius 3 is 2.43 bits per heavy atom. The fourth-order valence-corrected chi connectivity index (χ4v) is 4.08. The van der Waals surface area contributed by atoms with Crippen LogP contribution >= 0.6 is 0 Å². The number of hydrogen-bond acceptors (Lipinski definition) is 5. The summed E-state index contributed by atoms with van der Waals surface area (Å²) in [5.74, 6) is -0.774. The van der Waals surface area contributed by atoms with Crippen LogP contribution in [0.2, 0.25) is 0 Å². The average molecular weight is 407 g/mol. The van der Waals surface area contributed by atoms with Crippen molar-refractivity contribution in [2.45, 2.75) is 31.9 Å². The van der Waals surface area contributed by atoms with E-state index in [0.717, 1.165) is 24.0 Å². The number of ether oxygens (including phenoxy) is 2. The van der Waals surface area contributed by atoms with Gasteiger partial charge in [0, 0.05) is 18.7 Å². The summed E-state index contributed by atoms with van der Waals surface area (Å²) >= 11 is 0. The molecule has 4 rings (SSSR count). The molecular formula is C24H25NO5. The summed E-state index contributed by atoms with van der Waals surface area (Å²) in [6.45, 7) is 2.92. The first-order valence-corrected chi connectivity index (χ1v) is 10.1. The number of carbonyl (C=O) groups excluding carboxylic acids is 2. The molecule has 1 N–H and O–H groups in total. The number of likely N-dealkylation sites (tertiary alicyclic amines) is 1. The number of nitrogens with zero attached hydrogens (tertiary/aromatic N) is 1. The number of benzene rings is 2. The van der Waals surface area contributed by atoms with Gasteiger partial charge in [-0.15, -0.1) is 0 Å². The molecule has 2 aromatic carbocycles. The van der Waals surface area contributed by atoms with Gasteiger partial charge in [0.25, 0.3) is 11.7 Å². The number of methoxy groups -OCH3 is 1. The first kappa shape index (κ1) is 20.2. The number of aryl methyl sites for hydroxylation is 1. The van der Waals surface area contributed by atoms with E-state index in [0.29, 0.717) is 24.5 Å². The summed E-state index contributed by atoms with van der Waals surface area (Å²) < 4.78 is 10.9. The Balaban J connectivity index is 1.80. The Kier molecular flexibility index (Phi) is 5.59. The lowest BCUT2D eigenvalue weighted by Gasteiger charge is -2.27. The fourth-order valence-electron chi connectivity index (χ4n) is 4.08. The summed E-state index contributed by atoms with van der Waals surface area (Å²) in [4.78, 5) is 27.5. The second kappa shape index (κ2) is 8.32. The number of Topliss-reactive ketones (excluding diaryl/α,β-unsaturated/α-hetero) is 1. The lowest BCUT2D eigenvalue weighted by atomic mass is 9.95. The van der Waals surface area contributed by atoms with Crippen molar-refractivity contribution in [3.63, 3.8) is 0 Å². The van der Waals surface area contributed by atoms with Gasteiger partial charge in [-0.2, -0.15) is 0 Å². The third kappa shape index (κ3) is 3.71. The molecule has 0 unspecified atom stereocenters. The second-order valence-electron chi connectivity index (χ2n) is 7.73. The van der Waals surface area contributed by atoms with Gasteiger partial charge in [0.05, 0.1) is 24.8 Å². The maximum absolute atomic E-state index is 13.0. The van der Waals surface area contributed by atoms with Gasteiger partial charge in [-0.25, -0.2) is 0 Å². The number of hydrogen-bond donors (Lipinski definition) is 1. The van der Waals surface area contributed by atoms with E-state index in [9.17, 15) is 14.7 Å². The first-order chi connectivity index (χ1) is 14.5. The highest BCUT2D eigenvalue weighted by Gasteiger charge is 2.47. The Morgan fingerprint density at radius 1 is 1.13 bits per heavy atom. The molecule has 0 spiro atoms. The molecule has 30 heavy (non-hydrogen) atoms. The molecule has 2 saturated heterocycles. The number of carbonyl (C=O) groups is 2. The summed E-state index contributed by atoms with van der Waals surface area (Å²) in [5, 5.41) is 11.0. The predicted molar refractivity (Wildman–Crippen MR) is 112 cm³/mol. The summed E-state index contributed by atoms with van der Waals surface area (Å²) in [6.07, 6.45) is 1.67. The average Bonchev–Trinajstić information content (AvgIpc) is 3.36. The van der Waals surface area contributed by atoms with Crippen molar-refractivity contribution in [1.29, 1.82) is 0 Å². The standard InChI is InChI=1S/C24H25NO5/c1-15-5-7-17(8-6-15)22(26)20-21(16-9-11-18(29-2)12-10-16)25(24(28)23(20)27)14-19-4-3-13-30-19/h5-12,19,21,26H,3-4,13-14H2,1-2H3/t19-,21+/m0/s1. The molecule has 2 heterocycles. The fraction of sp³-hybridized carbons (Fsp3) is 0.333. The predicted octanol–water partition coefficient (Wildman–Crippen LogP) is 3.60. The Labute approximate surface area is 175 Å². The third-order valence-corrected chi connectivity index (χ3v) is 5.72. The van der Waals surface area contributed by atoms with Gasteiger partial charge in [-0.05, 0) is 37.5 Å². The van der Waals surface area contributed by atoms with Crippen LogP contribution in [0.15, 0.2) is 54.1 Å². The molecule has 0 bridgehead atoms. The Morgan fingerprint density at radius 2 is 1.83 bits per heavy atom.